The number of aromatic nitrogens is 1. The van der Waals surface area contributed by atoms with Gasteiger partial charge in [-0.25, -0.2) is 4.39 Å². The number of H-pyrrole nitrogens is 1. The molecule has 2 saturated heterocycles. The van der Waals surface area contributed by atoms with Crippen molar-refractivity contribution in [2.24, 2.45) is 0 Å². The SMILES string of the molecule is CC(=O)[C@H]1CCCCN1S(=O)(=O)N1CCC(c2c[nH]c3ccc(F)cc23)CC1. The van der Waals surface area contributed by atoms with Crippen LogP contribution in [0, 0.1) is 5.82 Å². The Balaban J connectivity index is 1.50. The Morgan fingerprint density at radius 2 is 1.89 bits per heavy atom. The van der Waals surface area contributed by atoms with Crippen molar-refractivity contribution in [3.05, 3.63) is 35.8 Å². The lowest BCUT2D eigenvalue weighted by Crippen LogP contribution is -2.54. The first-order valence-corrected chi connectivity index (χ1v) is 11.3. The van der Waals surface area contributed by atoms with Crippen LogP contribution in [0.3, 0.4) is 0 Å². The average Bonchev–Trinajstić information content (AvgIpc) is 3.11. The predicted octanol–water partition coefficient (Wildman–Crippen LogP) is 3.17. The van der Waals surface area contributed by atoms with Crippen molar-refractivity contribution in [3.63, 3.8) is 0 Å². The third-order valence-electron chi connectivity index (χ3n) is 6.12. The summed E-state index contributed by atoms with van der Waals surface area (Å²) >= 11 is 0. The van der Waals surface area contributed by atoms with Gasteiger partial charge in [-0.2, -0.15) is 17.0 Å². The van der Waals surface area contributed by atoms with E-state index in [-0.39, 0.29) is 17.5 Å². The van der Waals surface area contributed by atoms with Gasteiger partial charge in [-0.05, 0) is 62.3 Å². The minimum absolute atomic E-state index is 0.0843. The molecule has 1 N–H and O–H groups in total. The molecule has 2 fully saturated rings. The van der Waals surface area contributed by atoms with E-state index in [1.165, 1.54) is 27.7 Å². The number of nitrogens with zero attached hydrogens (tertiary/aromatic N) is 2. The van der Waals surface area contributed by atoms with E-state index in [2.05, 4.69) is 4.98 Å². The molecule has 0 amide bonds. The van der Waals surface area contributed by atoms with Gasteiger partial charge < -0.3 is 4.98 Å². The summed E-state index contributed by atoms with van der Waals surface area (Å²) in [6.07, 6.45) is 5.56. The first-order valence-electron chi connectivity index (χ1n) is 9.92. The van der Waals surface area contributed by atoms with Crippen molar-refractivity contribution in [1.29, 1.82) is 0 Å². The number of halogens is 1. The molecule has 1 atom stereocenters. The van der Waals surface area contributed by atoms with Crippen molar-refractivity contribution in [1.82, 2.24) is 13.6 Å². The van der Waals surface area contributed by atoms with E-state index in [1.807, 2.05) is 6.20 Å². The monoisotopic (exact) mass is 407 g/mol. The summed E-state index contributed by atoms with van der Waals surface area (Å²) in [5, 5.41) is 0.869. The summed E-state index contributed by atoms with van der Waals surface area (Å²) in [6.45, 7) is 2.71. The van der Waals surface area contributed by atoms with Gasteiger partial charge in [0.15, 0.2) is 0 Å². The lowest BCUT2D eigenvalue weighted by Gasteiger charge is -2.39. The summed E-state index contributed by atoms with van der Waals surface area (Å²) in [7, 11) is -3.64. The molecule has 152 valence electrons. The van der Waals surface area contributed by atoms with E-state index < -0.39 is 16.3 Å². The van der Waals surface area contributed by atoms with Crippen LogP contribution < -0.4 is 0 Å². The molecule has 6 nitrogen and oxygen atoms in total. The highest BCUT2D eigenvalue weighted by molar-refractivity contribution is 7.86. The van der Waals surface area contributed by atoms with Crippen LogP contribution in [0.25, 0.3) is 10.9 Å². The highest BCUT2D eigenvalue weighted by Gasteiger charge is 2.40. The molecule has 2 aliphatic heterocycles. The van der Waals surface area contributed by atoms with Crippen LogP contribution in [-0.2, 0) is 15.0 Å². The van der Waals surface area contributed by atoms with Crippen molar-refractivity contribution < 1.29 is 17.6 Å². The second-order valence-electron chi connectivity index (χ2n) is 7.85. The smallest absolute Gasteiger partial charge is 0.282 e. The zero-order valence-corrected chi connectivity index (χ0v) is 16.8. The third-order valence-corrected chi connectivity index (χ3v) is 8.16. The number of hydrogen-bond acceptors (Lipinski definition) is 3. The number of rotatable bonds is 4. The van der Waals surface area contributed by atoms with Gasteiger partial charge in [0, 0.05) is 36.7 Å². The second-order valence-corrected chi connectivity index (χ2v) is 9.73. The molecule has 1 aromatic heterocycles. The highest BCUT2D eigenvalue weighted by atomic mass is 32.2. The number of benzene rings is 1. The second kappa shape index (κ2) is 7.57. The number of carbonyl (C=O) groups excluding carboxylic acids is 1. The number of ketones is 1. The quantitative estimate of drug-likeness (QED) is 0.846. The number of Topliss-reactive ketones (excluding diaryl/α,β-unsaturated/α-hetero) is 1. The minimum Gasteiger partial charge on any atom is -0.361 e. The first kappa shape index (κ1) is 19.5. The van der Waals surface area contributed by atoms with E-state index in [9.17, 15) is 17.6 Å². The lowest BCUT2D eigenvalue weighted by molar-refractivity contribution is -0.121. The fourth-order valence-electron chi connectivity index (χ4n) is 4.59. The molecule has 2 aromatic rings. The maximum atomic E-state index is 13.7. The molecule has 0 unspecified atom stereocenters. The van der Waals surface area contributed by atoms with Crippen molar-refractivity contribution in [2.75, 3.05) is 19.6 Å². The van der Waals surface area contributed by atoms with Gasteiger partial charge in [0.1, 0.15) is 11.6 Å². The third kappa shape index (κ3) is 3.49. The molecule has 1 aromatic carbocycles. The normalized spacial score (nSPS) is 23.3. The number of piperidine rings is 2. The number of nitrogens with one attached hydrogen (secondary N) is 1. The van der Waals surface area contributed by atoms with Gasteiger partial charge in [0.05, 0.1) is 6.04 Å². The Kier molecular flexibility index (Phi) is 5.28. The molecule has 0 saturated carbocycles. The summed E-state index contributed by atoms with van der Waals surface area (Å²) in [5.74, 6) is -0.167. The number of carbonyl (C=O) groups is 1. The summed E-state index contributed by atoms with van der Waals surface area (Å²) < 4.78 is 42.9. The van der Waals surface area contributed by atoms with E-state index in [0.717, 1.165) is 29.3 Å². The van der Waals surface area contributed by atoms with E-state index in [0.29, 0.717) is 38.9 Å². The zero-order chi connectivity index (χ0) is 19.9. The molecule has 0 aliphatic carbocycles. The van der Waals surface area contributed by atoms with Crippen LogP contribution in [0.5, 0.6) is 0 Å². The van der Waals surface area contributed by atoms with E-state index in [4.69, 9.17) is 0 Å². The molecule has 8 heteroatoms. The van der Waals surface area contributed by atoms with Gasteiger partial charge in [-0.3, -0.25) is 4.79 Å². The van der Waals surface area contributed by atoms with Crippen molar-refractivity contribution >= 4 is 26.9 Å². The molecule has 0 spiro atoms. The lowest BCUT2D eigenvalue weighted by atomic mass is 9.90. The molecule has 0 radical (unpaired) electrons. The maximum Gasteiger partial charge on any atom is 0.282 e. The average molecular weight is 408 g/mol. The Hall–Kier alpha value is -1.77. The first-order chi connectivity index (χ1) is 13.4. The molecule has 4 rings (SSSR count). The van der Waals surface area contributed by atoms with Crippen LogP contribution >= 0.6 is 0 Å². The van der Waals surface area contributed by atoms with Gasteiger partial charge in [0.2, 0.25) is 0 Å². The van der Waals surface area contributed by atoms with Gasteiger partial charge >= 0.3 is 0 Å². The number of fused-ring (bicyclic) bond motifs is 1. The Morgan fingerprint density at radius 1 is 1.14 bits per heavy atom. The van der Waals surface area contributed by atoms with Gasteiger partial charge in [0.25, 0.3) is 10.2 Å². The maximum absolute atomic E-state index is 13.7. The molecule has 3 heterocycles. The summed E-state index contributed by atoms with van der Waals surface area (Å²) in [4.78, 5) is 15.1. The Labute approximate surface area is 164 Å². The van der Waals surface area contributed by atoms with Crippen molar-refractivity contribution in [3.8, 4) is 0 Å². The van der Waals surface area contributed by atoms with Crippen LogP contribution in [0.4, 0.5) is 4.39 Å². The van der Waals surface area contributed by atoms with Crippen LogP contribution in [0.2, 0.25) is 0 Å². The van der Waals surface area contributed by atoms with Crippen LogP contribution in [0.15, 0.2) is 24.4 Å². The predicted molar refractivity (Wildman–Crippen MR) is 106 cm³/mol. The molecular formula is C20H26FN3O3S. The van der Waals surface area contributed by atoms with E-state index in [1.54, 1.807) is 6.07 Å². The number of aromatic amines is 1. The van der Waals surface area contributed by atoms with Gasteiger partial charge in [-0.1, -0.05) is 6.42 Å². The molecule has 2 aliphatic rings. The highest BCUT2D eigenvalue weighted by Crippen LogP contribution is 2.35. The Morgan fingerprint density at radius 3 is 2.61 bits per heavy atom. The zero-order valence-electron chi connectivity index (χ0n) is 16.0. The summed E-state index contributed by atoms with van der Waals surface area (Å²) in [5.41, 5.74) is 1.94. The fourth-order valence-corrected chi connectivity index (χ4v) is 6.49. The van der Waals surface area contributed by atoms with Crippen molar-refractivity contribution in [2.45, 2.75) is 51.0 Å². The summed E-state index contributed by atoms with van der Waals surface area (Å²) in [6, 6.07) is 4.16. The molecule has 28 heavy (non-hydrogen) atoms. The molecular weight excluding hydrogens is 381 g/mol. The van der Waals surface area contributed by atoms with Gasteiger partial charge in [-0.15, -0.1) is 0 Å². The topological polar surface area (TPSA) is 73.5 Å². The number of hydrogen-bond donors (Lipinski definition) is 1. The van der Waals surface area contributed by atoms with E-state index >= 15 is 0 Å². The minimum atomic E-state index is -3.64. The van der Waals surface area contributed by atoms with Crippen LogP contribution in [0.1, 0.15) is 50.5 Å². The fraction of sp³-hybridized carbons (Fsp3) is 0.550. The largest absolute Gasteiger partial charge is 0.361 e. The van der Waals surface area contributed by atoms with Crippen LogP contribution in [-0.4, -0.2) is 53.5 Å². The molecule has 0 bridgehead atoms. The Bertz CT molecular complexity index is 980. The standard InChI is InChI=1S/C20H26FN3O3S/c1-14(25)20-4-2-3-9-24(20)28(26,27)23-10-7-15(8-11-23)18-13-22-19-6-5-16(21)12-17(18)19/h5-6,12-13,15,20,22H,2-4,7-11H2,1H3/t20-/m1/s1.